The SMILES string of the molecule is C1=CC2=C3NNCN3CC(C1)N2. The van der Waals surface area contributed by atoms with E-state index in [4.69, 9.17) is 0 Å². The van der Waals surface area contributed by atoms with Gasteiger partial charge in [-0.15, -0.1) is 0 Å². The molecule has 3 aliphatic rings. The molecular formula is C8H12N4. The second-order valence-electron chi connectivity index (χ2n) is 3.42. The van der Waals surface area contributed by atoms with Crippen molar-refractivity contribution < 1.29 is 0 Å². The minimum Gasteiger partial charge on any atom is -0.377 e. The van der Waals surface area contributed by atoms with E-state index in [1.165, 1.54) is 11.5 Å². The number of rotatable bonds is 0. The summed E-state index contributed by atoms with van der Waals surface area (Å²) in [5, 5.41) is 3.47. The van der Waals surface area contributed by atoms with Gasteiger partial charge in [-0.25, -0.2) is 5.43 Å². The first-order valence-corrected chi connectivity index (χ1v) is 4.35. The maximum atomic E-state index is 3.47. The molecule has 3 heterocycles. The largest absolute Gasteiger partial charge is 0.377 e. The van der Waals surface area contributed by atoms with Crippen LogP contribution in [0.2, 0.25) is 0 Å². The lowest BCUT2D eigenvalue weighted by atomic mass is 10.1. The fourth-order valence-corrected chi connectivity index (χ4v) is 1.98. The van der Waals surface area contributed by atoms with Gasteiger partial charge in [0.2, 0.25) is 0 Å². The lowest BCUT2D eigenvalue weighted by molar-refractivity contribution is 0.301. The molecule has 3 aliphatic heterocycles. The minimum atomic E-state index is 0.607. The zero-order valence-electron chi connectivity index (χ0n) is 6.80. The monoisotopic (exact) mass is 164 g/mol. The van der Waals surface area contributed by atoms with Gasteiger partial charge in [0.15, 0.2) is 0 Å². The maximum absolute atomic E-state index is 3.47. The summed E-state index contributed by atoms with van der Waals surface area (Å²) >= 11 is 0. The van der Waals surface area contributed by atoms with Gasteiger partial charge >= 0.3 is 0 Å². The van der Waals surface area contributed by atoms with Gasteiger partial charge in [-0.3, -0.25) is 0 Å². The Morgan fingerprint density at radius 1 is 1.50 bits per heavy atom. The Labute approximate surface area is 71.3 Å². The molecule has 1 fully saturated rings. The zero-order chi connectivity index (χ0) is 7.97. The molecule has 0 amide bonds. The predicted molar refractivity (Wildman–Crippen MR) is 45.6 cm³/mol. The summed E-state index contributed by atoms with van der Waals surface area (Å²) in [6.45, 7) is 2.02. The third-order valence-corrected chi connectivity index (χ3v) is 2.55. The molecule has 0 aliphatic carbocycles. The van der Waals surface area contributed by atoms with Crippen molar-refractivity contribution in [3.8, 4) is 0 Å². The van der Waals surface area contributed by atoms with E-state index in [1.54, 1.807) is 0 Å². The van der Waals surface area contributed by atoms with Crippen molar-refractivity contribution in [2.24, 2.45) is 0 Å². The van der Waals surface area contributed by atoms with Crippen molar-refractivity contribution in [3.63, 3.8) is 0 Å². The Morgan fingerprint density at radius 3 is 3.50 bits per heavy atom. The van der Waals surface area contributed by atoms with Crippen LogP contribution >= 0.6 is 0 Å². The van der Waals surface area contributed by atoms with E-state index in [9.17, 15) is 0 Å². The van der Waals surface area contributed by atoms with Crippen molar-refractivity contribution in [2.45, 2.75) is 12.5 Å². The molecule has 4 heteroatoms. The van der Waals surface area contributed by atoms with Crippen LogP contribution in [0.25, 0.3) is 0 Å². The summed E-state index contributed by atoms with van der Waals surface area (Å²) in [5.41, 5.74) is 7.50. The highest BCUT2D eigenvalue weighted by molar-refractivity contribution is 5.30. The lowest BCUT2D eigenvalue weighted by Gasteiger charge is -2.34. The first-order valence-electron chi connectivity index (χ1n) is 4.35. The Kier molecular flexibility index (Phi) is 1.15. The van der Waals surface area contributed by atoms with Gasteiger partial charge in [0.05, 0.1) is 12.4 Å². The van der Waals surface area contributed by atoms with E-state index < -0.39 is 0 Å². The van der Waals surface area contributed by atoms with Crippen LogP contribution in [0.3, 0.4) is 0 Å². The summed E-state index contributed by atoms with van der Waals surface area (Å²) in [5.74, 6) is 1.20. The average Bonchev–Trinajstić information content (AvgIpc) is 2.53. The van der Waals surface area contributed by atoms with Crippen molar-refractivity contribution in [2.75, 3.05) is 13.2 Å². The predicted octanol–water partition coefficient (Wildman–Crippen LogP) is -0.546. The zero-order valence-corrected chi connectivity index (χ0v) is 6.80. The van der Waals surface area contributed by atoms with Gasteiger partial charge in [-0.2, -0.15) is 0 Å². The van der Waals surface area contributed by atoms with Gasteiger partial charge in [-0.1, -0.05) is 6.08 Å². The normalized spacial score (nSPS) is 31.3. The molecule has 0 aromatic rings. The minimum absolute atomic E-state index is 0.607. The number of hydrazine groups is 1. The summed E-state index contributed by atoms with van der Waals surface area (Å²) in [6, 6.07) is 0.607. The van der Waals surface area contributed by atoms with Gasteiger partial charge in [-0.05, 0) is 12.5 Å². The van der Waals surface area contributed by atoms with Crippen LogP contribution in [0.1, 0.15) is 6.42 Å². The van der Waals surface area contributed by atoms with E-state index in [0.717, 1.165) is 19.6 Å². The first kappa shape index (κ1) is 6.37. The van der Waals surface area contributed by atoms with Crippen molar-refractivity contribution >= 4 is 0 Å². The third-order valence-electron chi connectivity index (χ3n) is 2.55. The number of nitrogens with zero attached hydrogens (tertiary/aromatic N) is 1. The molecule has 0 aromatic heterocycles. The molecule has 1 atom stereocenters. The summed E-state index contributed by atoms with van der Waals surface area (Å²) in [6.07, 6.45) is 5.53. The highest BCUT2D eigenvalue weighted by Crippen LogP contribution is 2.21. The molecule has 3 N–H and O–H groups in total. The molecule has 1 saturated heterocycles. The van der Waals surface area contributed by atoms with Crippen LogP contribution in [-0.4, -0.2) is 24.2 Å². The number of nitrogens with one attached hydrogen (secondary N) is 3. The van der Waals surface area contributed by atoms with Crippen LogP contribution in [-0.2, 0) is 0 Å². The topological polar surface area (TPSA) is 39.3 Å². The fourth-order valence-electron chi connectivity index (χ4n) is 1.98. The van der Waals surface area contributed by atoms with Crippen molar-refractivity contribution in [3.05, 3.63) is 23.7 Å². The second-order valence-corrected chi connectivity index (χ2v) is 3.42. The molecule has 12 heavy (non-hydrogen) atoms. The molecule has 4 nitrogen and oxygen atoms in total. The standard InChI is InChI=1S/C8H12N4/c1-2-6-4-12-5-9-11-8(12)7(3-1)10-6/h1,3,6,9-11H,2,4-5H2. The molecule has 0 saturated carbocycles. The Hall–Kier alpha value is -1.16. The quantitative estimate of drug-likeness (QED) is 0.449. The number of allylic oxidation sites excluding steroid dienone is 1. The fraction of sp³-hybridized carbons (Fsp3) is 0.500. The molecule has 0 spiro atoms. The van der Waals surface area contributed by atoms with Crippen LogP contribution < -0.4 is 16.2 Å². The van der Waals surface area contributed by atoms with Gasteiger partial charge in [0, 0.05) is 12.6 Å². The number of hydrogen-bond donors (Lipinski definition) is 3. The summed E-state index contributed by atoms with van der Waals surface area (Å²) in [7, 11) is 0. The average molecular weight is 164 g/mol. The van der Waals surface area contributed by atoms with Crippen LogP contribution in [0.4, 0.5) is 0 Å². The van der Waals surface area contributed by atoms with Gasteiger partial charge < -0.3 is 15.6 Å². The number of fused-ring (bicyclic) bond motifs is 3. The first-order chi connectivity index (χ1) is 5.93. The molecule has 0 radical (unpaired) electrons. The Balaban J connectivity index is 2.05. The molecule has 2 bridgehead atoms. The molecule has 1 unspecified atom stereocenters. The van der Waals surface area contributed by atoms with Crippen molar-refractivity contribution in [1.29, 1.82) is 0 Å². The Bertz CT molecular complexity index is 268. The Morgan fingerprint density at radius 2 is 2.50 bits per heavy atom. The van der Waals surface area contributed by atoms with Crippen LogP contribution in [0, 0.1) is 0 Å². The highest BCUT2D eigenvalue weighted by Gasteiger charge is 2.29. The lowest BCUT2D eigenvalue weighted by Crippen LogP contribution is -2.46. The third kappa shape index (κ3) is 0.754. The van der Waals surface area contributed by atoms with E-state index in [-0.39, 0.29) is 0 Å². The maximum Gasteiger partial charge on any atom is 0.141 e. The summed E-state index contributed by atoms with van der Waals surface area (Å²) in [4.78, 5) is 2.33. The van der Waals surface area contributed by atoms with Crippen LogP contribution in [0.15, 0.2) is 23.7 Å². The van der Waals surface area contributed by atoms with E-state index in [1.807, 2.05) is 0 Å². The smallest absolute Gasteiger partial charge is 0.141 e. The van der Waals surface area contributed by atoms with Crippen LogP contribution in [0.5, 0.6) is 0 Å². The molecule has 3 rings (SSSR count). The van der Waals surface area contributed by atoms with Crippen molar-refractivity contribution in [1.82, 2.24) is 21.1 Å². The van der Waals surface area contributed by atoms with E-state index in [0.29, 0.717) is 6.04 Å². The van der Waals surface area contributed by atoms with E-state index in [2.05, 4.69) is 33.2 Å². The second kappa shape index (κ2) is 2.17. The number of hydrogen-bond acceptors (Lipinski definition) is 4. The highest BCUT2D eigenvalue weighted by atomic mass is 15.6. The molecule has 0 aromatic carbocycles. The molecule has 64 valence electrons. The van der Waals surface area contributed by atoms with Gasteiger partial charge in [0.1, 0.15) is 5.82 Å². The molecular weight excluding hydrogens is 152 g/mol. The van der Waals surface area contributed by atoms with Gasteiger partial charge in [0.25, 0.3) is 0 Å². The summed E-state index contributed by atoms with van der Waals surface area (Å²) < 4.78 is 0. The van der Waals surface area contributed by atoms with E-state index >= 15 is 0 Å².